The molecule has 0 spiro atoms. The number of thiophene rings is 1. The molecule has 4 heteroatoms. The first-order chi connectivity index (χ1) is 10.7. The second-order valence-corrected chi connectivity index (χ2v) is 6.30. The van der Waals surface area contributed by atoms with Crippen molar-refractivity contribution in [3.05, 3.63) is 65.7 Å². The zero-order chi connectivity index (χ0) is 15.1. The fraction of sp³-hybridized carbons (Fsp3) is 0.111. The molecule has 0 amide bonds. The molecule has 22 heavy (non-hydrogen) atoms. The van der Waals surface area contributed by atoms with E-state index in [2.05, 4.69) is 4.98 Å². The molecular formula is C18H12FNOS. The lowest BCUT2D eigenvalue weighted by molar-refractivity contribution is 0.0995. The van der Waals surface area contributed by atoms with E-state index >= 15 is 0 Å². The largest absolute Gasteiger partial charge is 0.294 e. The summed E-state index contributed by atoms with van der Waals surface area (Å²) in [6.07, 6.45) is 4.80. The topological polar surface area (TPSA) is 30.0 Å². The van der Waals surface area contributed by atoms with E-state index in [0.717, 1.165) is 38.4 Å². The number of Topliss-reactive ketones (excluding diaryl/α,β-unsaturated/α-hetero) is 1. The lowest BCUT2D eigenvalue weighted by atomic mass is 10.0. The number of aromatic nitrogens is 1. The van der Waals surface area contributed by atoms with Gasteiger partial charge in [-0.2, -0.15) is 0 Å². The smallest absolute Gasteiger partial charge is 0.164 e. The van der Waals surface area contributed by atoms with Crippen LogP contribution in [0.2, 0.25) is 0 Å². The van der Waals surface area contributed by atoms with Crippen LogP contribution in [0.1, 0.15) is 22.3 Å². The van der Waals surface area contributed by atoms with E-state index in [1.807, 2.05) is 12.1 Å². The number of hydrogen-bond acceptors (Lipinski definition) is 3. The Morgan fingerprint density at radius 2 is 1.59 bits per heavy atom. The molecule has 4 rings (SSSR count). The van der Waals surface area contributed by atoms with Gasteiger partial charge in [-0.1, -0.05) is 12.1 Å². The van der Waals surface area contributed by atoms with Crippen LogP contribution in [0.15, 0.2) is 48.8 Å². The summed E-state index contributed by atoms with van der Waals surface area (Å²) >= 11 is 1.61. The summed E-state index contributed by atoms with van der Waals surface area (Å²) < 4.78 is 13.2. The van der Waals surface area contributed by atoms with Gasteiger partial charge in [-0.25, -0.2) is 4.39 Å². The third-order valence-electron chi connectivity index (χ3n) is 3.94. The Kier molecular flexibility index (Phi) is 3.12. The van der Waals surface area contributed by atoms with Gasteiger partial charge in [0.1, 0.15) is 5.82 Å². The van der Waals surface area contributed by atoms with E-state index in [0.29, 0.717) is 6.42 Å². The van der Waals surface area contributed by atoms with Crippen molar-refractivity contribution in [2.45, 2.75) is 12.8 Å². The molecule has 0 N–H and O–H groups in total. The van der Waals surface area contributed by atoms with E-state index in [1.165, 1.54) is 12.1 Å². The third kappa shape index (κ3) is 2.07. The van der Waals surface area contributed by atoms with Crippen LogP contribution in [0.5, 0.6) is 0 Å². The van der Waals surface area contributed by atoms with Gasteiger partial charge >= 0.3 is 0 Å². The SMILES string of the molecule is O=C1CCc2c(-c3ccc(F)cc3)sc(-c3ccncc3)c21. The van der Waals surface area contributed by atoms with Crippen molar-refractivity contribution in [3.8, 4) is 20.9 Å². The number of nitrogens with zero attached hydrogens (tertiary/aromatic N) is 1. The normalized spacial score (nSPS) is 13.4. The third-order valence-corrected chi connectivity index (χ3v) is 5.27. The number of ketones is 1. The Balaban J connectivity index is 1.93. The average molecular weight is 309 g/mol. The summed E-state index contributed by atoms with van der Waals surface area (Å²) in [6, 6.07) is 10.3. The van der Waals surface area contributed by atoms with Crippen LogP contribution >= 0.6 is 11.3 Å². The average Bonchev–Trinajstić information content (AvgIpc) is 3.10. The van der Waals surface area contributed by atoms with Crippen molar-refractivity contribution in [3.63, 3.8) is 0 Å². The molecule has 1 aromatic carbocycles. The number of halogens is 1. The lowest BCUT2D eigenvalue weighted by Crippen LogP contribution is -1.91. The van der Waals surface area contributed by atoms with Crippen LogP contribution in [0.25, 0.3) is 20.9 Å². The van der Waals surface area contributed by atoms with Crippen molar-refractivity contribution in [1.29, 1.82) is 0 Å². The summed E-state index contributed by atoms with van der Waals surface area (Å²) in [6.45, 7) is 0. The van der Waals surface area contributed by atoms with E-state index in [9.17, 15) is 9.18 Å². The van der Waals surface area contributed by atoms with E-state index in [-0.39, 0.29) is 11.6 Å². The highest BCUT2D eigenvalue weighted by Gasteiger charge is 2.29. The summed E-state index contributed by atoms with van der Waals surface area (Å²) in [5, 5.41) is 0. The molecule has 0 radical (unpaired) electrons. The molecule has 0 bridgehead atoms. The molecular weight excluding hydrogens is 297 g/mol. The van der Waals surface area contributed by atoms with Crippen molar-refractivity contribution in [1.82, 2.24) is 4.98 Å². The molecule has 0 saturated carbocycles. The number of pyridine rings is 1. The maximum absolute atomic E-state index is 13.2. The zero-order valence-electron chi connectivity index (χ0n) is 11.7. The second-order valence-electron chi connectivity index (χ2n) is 5.28. The van der Waals surface area contributed by atoms with Crippen molar-refractivity contribution in [2.75, 3.05) is 0 Å². The molecule has 3 aromatic rings. The van der Waals surface area contributed by atoms with Crippen LogP contribution in [0, 0.1) is 5.82 Å². The van der Waals surface area contributed by atoms with Gasteiger partial charge in [0.2, 0.25) is 0 Å². The predicted octanol–water partition coefficient (Wildman–Crippen LogP) is 4.75. The number of fused-ring (bicyclic) bond motifs is 1. The first-order valence-electron chi connectivity index (χ1n) is 7.09. The first-order valence-corrected chi connectivity index (χ1v) is 7.91. The summed E-state index contributed by atoms with van der Waals surface area (Å²) in [7, 11) is 0. The Labute approximate surface area is 131 Å². The number of benzene rings is 1. The summed E-state index contributed by atoms with van der Waals surface area (Å²) in [4.78, 5) is 18.4. The van der Waals surface area contributed by atoms with Gasteiger partial charge < -0.3 is 0 Å². The Hall–Kier alpha value is -2.33. The van der Waals surface area contributed by atoms with Crippen LogP contribution in [0.3, 0.4) is 0 Å². The van der Waals surface area contributed by atoms with Crippen LogP contribution < -0.4 is 0 Å². The Morgan fingerprint density at radius 3 is 2.32 bits per heavy atom. The molecule has 2 heterocycles. The molecule has 2 aromatic heterocycles. The fourth-order valence-corrected chi connectivity index (χ4v) is 4.28. The number of carbonyl (C=O) groups excluding carboxylic acids is 1. The number of carbonyl (C=O) groups is 1. The summed E-state index contributed by atoms with van der Waals surface area (Å²) in [5.74, 6) is -0.0474. The Morgan fingerprint density at radius 1 is 0.909 bits per heavy atom. The van der Waals surface area contributed by atoms with Gasteiger partial charge in [-0.05, 0) is 47.4 Å². The second kappa shape index (κ2) is 5.14. The highest BCUT2D eigenvalue weighted by atomic mass is 32.1. The van der Waals surface area contributed by atoms with Crippen molar-refractivity contribution < 1.29 is 9.18 Å². The van der Waals surface area contributed by atoms with Gasteiger partial charge in [0, 0.05) is 34.1 Å². The highest BCUT2D eigenvalue weighted by molar-refractivity contribution is 7.19. The van der Waals surface area contributed by atoms with Crippen LogP contribution in [-0.2, 0) is 6.42 Å². The van der Waals surface area contributed by atoms with Crippen LogP contribution in [0.4, 0.5) is 4.39 Å². The minimum atomic E-state index is -0.248. The van der Waals surface area contributed by atoms with E-state index in [4.69, 9.17) is 0 Å². The minimum absolute atomic E-state index is 0.200. The van der Waals surface area contributed by atoms with Crippen molar-refractivity contribution in [2.24, 2.45) is 0 Å². The fourth-order valence-electron chi connectivity index (χ4n) is 2.90. The quantitative estimate of drug-likeness (QED) is 0.684. The van der Waals surface area contributed by atoms with Crippen LogP contribution in [-0.4, -0.2) is 10.8 Å². The standard InChI is InChI=1S/C18H12FNOS/c19-13-3-1-11(2-4-13)17-14-5-6-15(21)16(14)18(22-17)12-7-9-20-10-8-12/h1-4,7-10H,5-6H2. The minimum Gasteiger partial charge on any atom is -0.294 e. The van der Waals surface area contributed by atoms with Gasteiger partial charge in [-0.15, -0.1) is 11.3 Å². The maximum atomic E-state index is 13.2. The molecule has 1 aliphatic carbocycles. The molecule has 108 valence electrons. The zero-order valence-corrected chi connectivity index (χ0v) is 12.5. The molecule has 0 aliphatic heterocycles. The van der Waals surface area contributed by atoms with Gasteiger partial charge in [0.15, 0.2) is 5.78 Å². The van der Waals surface area contributed by atoms with E-state index in [1.54, 1.807) is 35.9 Å². The molecule has 1 aliphatic rings. The first kappa shape index (κ1) is 13.3. The molecule has 0 unspecified atom stereocenters. The monoisotopic (exact) mass is 309 g/mol. The predicted molar refractivity (Wildman–Crippen MR) is 85.6 cm³/mol. The molecule has 0 saturated heterocycles. The van der Waals surface area contributed by atoms with Crippen molar-refractivity contribution >= 4 is 17.1 Å². The van der Waals surface area contributed by atoms with Gasteiger partial charge in [0.25, 0.3) is 0 Å². The Bertz CT molecular complexity index is 853. The molecule has 2 nitrogen and oxygen atoms in total. The lowest BCUT2D eigenvalue weighted by Gasteiger charge is -2.00. The summed E-state index contributed by atoms with van der Waals surface area (Å²) in [5.41, 5.74) is 3.93. The van der Waals surface area contributed by atoms with Gasteiger partial charge in [0.05, 0.1) is 0 Å². The maximum Gasteiger partial charge on any atom is 0.164 e. The number of rotatable bonds is 2. The number of hydrogen-bond donors (Lipinski definition) is 0. The highest BCUT2D eigenvalue weighted by Crippen LogP contribution is 2.45. The van der Waals surface area contributed by atoms with Gasteiger partial charge in [-0.3, -0.25) is 9.78 Å². The molecule has 0 atom stereocenters. The van der Waals surface area contributed by atoms with E-state index < -0.39 is 0 Å². The molecule has 0 fully saturated rings.